The van der Waals surface area contributed by atoms with Gasteiger partial charge < -0.3 is 10.6 Å². The summed E-state index contributed by atoms with van der Waals surface area (Å²) in [6.45, 7) is 0.965. The first-order valence-electron chi connectivity index (χ1n) is 6.77. The van der Waals surface area contributed by atoms with Crippen LogP contribution in [0.4, 0.5) is 11.4 Å². The molecule has 0 saturated heterocycles. The van der Waals surface area contributed by atoms with Gasteiger partial charge in [0.05, 0.1) is 5.69 Å². The number of anilines is 2. The van der Waals surface area contributed by atoms with Gasteiger partial charge in [0.1, 0.15) is 0 Å². The SMILES string of the molecule is O=C(Nc1ccc(Cl)cc1I)c1cccc2c1CCCN2. The fourth-order valence-corrected chi connectivity index (χ4v) is 3.51. The topological polar surface area (TPSA) is 41.1 Å². The predicted octanol–water partition coefficient (Wildman–Crippen LogP) is 4.56. The van der Waals surface area contributed by atoms with Crippen molar-refractivity contribution in [3.05, 3.63) is 56.1 Å². The van der Waals surface area contributed by atoms with Crippen LogP contribution < -0.4 is 10.6 Å². The van der Waals surface area contributed by atoms with Gasteiger partial charge in [-0.3, -0.25) is 4.79 Å². The Morgan fingerprint density at radius 3 is 2.95 bits per heavy atom. The number of halogens is 2. The molecule has 2 aromatic carbocycles. The van der Waals surface area contributed by atoms with Crippen molar-refractivity contribution < 1.29 is 4.79 Å². The van der Waals surface area contributed by atoms with Crippen LogP contribution in [-0.2, 0) is 6.42 Å². The third kappa shape index (κ3) is 3.16. The molecule has 0 aliphatic carbocycles. The van der Waals surface area contributed by atoms with E-state index in [0.717, 1.165) is 45.5 Å². The Morgan fingerprint density at radius 2 is 2.14 bits per heavy atom. The molecule has 1 amide bonds. The Hall–Kier alpha value is -1.27. The van der Waals surface area contributed by atoms with Crippen molar-refractivity contribution in [1.29, 1.82) is 0 Å². The summed E-state index contributed by atoms with van der Waals surface area (Å²) < 4.78 is 0.927. The van der Waals surface area contributed by atoms with Crippen LogP contribution in [0.1, 0.15) is 22.3 Å². The minimum Gasteiger partial charge on any atom is -0.385 e. The number of benzene rings is 2. The lowest BCUT2D eigenvalue weighted by Crippen LogP contribution is -2.19. The zero-order valence-electron chi connectivity index (χ0n) is 11.2. The molecule has 0 atom stereocenters. The fourth-order valence-electron chi connectivity index (χ4n) is 2.50. The summed E-state index contributed by atoms with van der Waals surface area (Å²) in [6, 6.07) is 11.3. The number of rotatable bonds is 2. The van der Waals surface area contributed by atoms with Crippen molar-refractivity contribution in [3.8, 4) is 0 Å². The van der Waals surface area contributed by atoms with E-state index in [1.54, 1.807) is 6.07 Å². The van der Waals surface area contributed by atoms with E-state index in [0.29, 0.717) is 5.02 Å². The second-order valence-electron chi connectivity index (χ2n) is 4.94. The maximum Gasteiger partial charge on any atom is 0.256 e. The molecule has 1 aliphatic heterocycles. The quantitative estimate of drug-likeness (QED) is 0.710. The van der Waals surface area contributed by atoms with E-state index in [9.17, 15) is 4.79 Å². The molecular formula is C16H14ClIN2O. The third-order valence-electron chi connectivity index (χ3n) is 3.52. The second kappa shape index (κ2) is 6.23. The minimum atomic E-state index is -0.0733. The largest absolute Gasteiger partial charge is 0.385 e. The molecule has 0 unspecified atom stereocenters. The zero-order valence-corrected chi connectivity index (χ0v) is 14.2. The van der Waals surface area contributed by atoms with Crippen LogP contribution in [0, 0.1) is 3.57 Å². The summed E-state index contributed by atoms with van der Waals surface area (Å²) in [6.07, 6.45) is 1.99. The number of hydrogen-bond acceptors (Lipinski definition) is 2. The molecule has 2 aromatic rings. The number of carbonyl (C=O) groups excluding carboxylic acids is 1. The van der Waals surface area contributed by atoms with E-state index < -0.39 is 0 Å². The van der Waals surface area contributed by atoms with Crippen molar-refractivity contribution >= 4 is 51.5 Å². The maximum absolute atomic E-state index is 12.5. The van der Waals surface area contributed by atoms with Gasteiger partial charge in [-0.05, 0) is 71.3 Å². The first-order chi connectivity index (χ1) is 10.1. The molecule has 108 valence electrons. The molecular weight excluding hydrogens is 399 g/mol. The van der Waals surface area contributed by atoms with Crippen molar-refractivity contribution in [2.45, 2.75) is 12.8 Å². The van der Waals surface area contributed by atoms with Crippen molar-refractivity contribution in [1.82, 2.24) is 0 Å². The van der Waals surface area contributed by atoms with Gasteiger partial charge in [-0.25, -0.2) is 0 Å². The van der Waals surface area contributed by atoms with Gasteiger partial charge in [0.25, 0.3) is 5.91 Å². The van der Waals surface area contributed by atoms with Gasteiger partial charge in [-0.1, -0.05) is 17.7 Å². The van der Waals surface area contributed by atoms with Crippen LogP contribution in [0.2, 0.25) is 5.02 Å². The Bertz CT molecular complexity index is 703. The molecule has 0 fully saturated rings. The highest BCUT2D eigenvalue weighted by atomic mass is 127. The van der Waals surface area contributed by atoms with Crippen molar-refractivity contribution in [2.24, 2.45) is 0 Å². The molecule has 0 saturated carbocycles. The highest BCUT2D eigenvalue weighted by molar-refractivity contribution is 14.1. The Morgan fingerprint density at radius 1 is 1.29 bits per heavy atom. The normalized spacial score (nSPS) is 13.2. The van der Waals surface area contributed by atoms with Gasteiger partial charge >= 0.3 is 0 Å². The van der Waals surface area contributed by atoms with Crippen LogP contribution in [-0.4, -0.2) is 12.5 Å². The lowest BCUT2D eigenvalue weighted by atomic mass is 9.97. The van der Waals surface area contributed by atoms with Gasteiger partial charge in [-0.2, -0.15) is 0 Å². The van der Waals surface area contributed by atoms with E-state index in [1.807, 2.05) is 30.3 Å². The number of hydrogen-bond donors (Lipinski definition) is 2. The van der Waals surface area contributed by atoms with Gasteiger partial charge in [0.15, 0.2) is 0 Å². The van der Waals surface area contributed by atoms with Crippen LogP contribution in [0.25, 0.3) is 0 Å². The molecule has 1 aliphatic rings. The number of nitrogens with one attached hydrogen (secondary N) is 2. The first kappa shape index (κ1) is 14.7. The van der Waals surface area contributed by atoms with E-state index in [1.165, 1.54) is 0 Å². The van der Waals surface area contributed by atoms with E-state index in [4.69, 9.17) is 11.6 Å². The van der Waals surface area contributed by atoms with E-state index in [-0.39, 0.29) is 5.91 Å². The van der Waals surface area contributed by atoms with E-state index >= 15 is 0 Å². The molecule has 3 nitrogen and oxygen atoms in total. The predicted molar refractivity (Wildman–Crippen MR) is 95.4 cm³/mol. The Balaban J connectivity index is 1.89. The Kier molecular flexibility index (Phi) is 4.35. The van der Waals surface area contributed by atoms with Gasteiger partial charge in [0, 0.05) is 26.4 Å². The number of carbonyl (C=O) groups is 1. The van der Waals surface area contributed by atoms with Crippen LogP contribution >= 0.6 is 34.2 Å². The minimum absolute atomic E-state index is 0.0733. The smallest absolute Gasteiger partial charge is 0.256 e. The molecule has 0 aromatic heterocycles. The molecule has 2 N–H and O–H groups in total. The Labute approximate surface area is 142 Å². The monoisotopic (exact) mass is 412 g/mol. The van der Waals surface area contributed by atoms with Gasteiger partial charge in [-0.15, -0.1) is 0 Å². The molecule has 3 rings (SSSR count). The number of fused-ring (bicyclic) bond motifs is 1. The summed E-state index contributed by atoms with van der Waals surface area (Å²) in [4.78, 5) is 12.5. The summed E-state index contributed by atoms with van der Waals surface area (Å²) in [5.41, 5.74) is 3.70. The van der Waals surface area contributed by atoms with Crippen LogP contribution in [0.5, 0.6) is 0 Å². The third-order valence-corrected chi connectivity index (χ3v) is 4.65. The molecule has 21 heavy (non-hydrogen) atoms. The number of amides is 1. The standard InChI is InChI=1S/C16H14ClIN2O/c17-10-6-7-15(13(18)9-10)20-16(21)12-3-1-5-14-11(12)4-2-8-19-14/h1,3,5-7,9,19H,2,4,8H2,(H,20,21). The van der Waals surface area contributed by atoms with Gasteiger partial charge in [0.2, 0.25) is 0 Å². The molecule has 0 bridgehead atoms. The lowest BCUT2D eigenvalue weighted by molar-refractivity contribution is 0.102. The fraction of sp³-hybridized carbons (Fsp3) is 0.188. The lowest BCUT2D eigenvalue weighted by Gasteiger charge is -2.20. The average Bonchev–Trinajstić information content (AvgIpc) is 2.49. The van der Waals surface area contributed by atoms with Crippen molar-refractivity contribution in [2.75, 3.05) is 17.2 Å². The molecule has 0 radical (unpaired) electrons. The highest BCUT2D eigenvalue weighted by Gasteiger charge is 2.17. The average molecular weight is 413 g/mol. The van der Waals surface area contributed by atoms with Crippen LogP contribution in [0.3, 0.4) is 0 Å². The van der Waals surface area contributed by atoms with E-state index in [2.05, 4.69) is 33.2 Å². The van der Waals surface area contributed by atoms with Crippen molar-refractivity contribution in [3.63, 3.8) is 0 Å². The maximum atomic E-state index is 12.5. The molecule has 0 spiro atoms. The molecule has 5 heteroatoms. The summed E-state index contributed by atoms with van der Waals surface area (Å²) in [7, 11) is 0. The summed E-state index contributed by atoms with van der Waals surface area (Å²) in [5.74, 6) is -0.0733. The first-order valence-corrected chi connectivity index (χ1v) is 8.23. The summed E-state index contributed by atoms with van der Waals surface area (Å²) in [5, 5.41) is 6.98. The highest BCUT2D eigenvalue weighted by Crippen LogP contribution is 2.27. The molecule has 1 heterocycles. The zero-order chi connectivity index (χ0) is 14.8. The second-order valence-corrected chi connectivity index (χ2v) is 6.54. The summed E-state index contributed by atoms with van der Waals surface area (Å²) >= 11 is 8.11. The van der Waals surface area contributed by atoms with Crippen LogP contribution in [0.15, 0.2) is 36.4 Å².